The summed E-state index contributed by atoms with van der Waals surface area (Å²) in [5.41, 5.74) is 1.84. The van der Waals surface area contributed by atoms with Gasteiger partial charge in [-0.15, -0.1) is 0 Å². The van der Waals surface area contributed by atoms with Crippen molar-refractivity contribution in [2.24, 2.45) is 5.92 Å². The summed E-state index contributed by atoms with van der Waals surface area (Å²) in [5, 5.41) is 0. The molecule has 0 amide bonds. The van der Waals surface area contributed by atoms with Gasteiger partial charge in [0.1, 0.15) is 5.82 Å². The fourth-order valence-electron chi connectivity index (χ4n) is 3.11. The molecule has 3 heteroatoms. The van der Waals surface area contributed by atoms with Crippen LogP contribution in [0.25, 0.3) is 0 Å². The lowest BCUT2D eigenvalue weighted by Gasteiger charge is -2.29. The number of ether oxygens (including phenoxy) is 2. The Morgan fingerprint density at radius 2 is 1.78 bits per heavy atom. The summed E-state index contributed by atoms with van der Waals surface area (Å²) < 4.78 is 25.7. The van der Waals surface area contributed by atoms with Gasteiger partial charge in [0.25, 0.3) is 0 Å². The lowest BCUT2D eigenvalue weighted by Crippen LogP contribution is -2.32. The second kappa shape index (κ2) is 10.0. The Balaban J connectivity index is 1.71. The van der Waals surface area contributed by atoms with Crippen molar-refractivity contribution in [3.63, 3.8) is 0 Å². The molecule has 0 unspecified atom stereocenters. The van der Waals surface area contributed by atoms with Gasteiger partial charge >= 0.3 is 0 Å². The zero-order valence-electron chi connectivity index (χ0n) is 14.7. The van der Waals surface area contributed by atoms with Gasteiger partial charge in [-0.1, -0.05) is 51.7 Å². The molecule has 1 aromatic carbocycles. The minimum absolute atomic E-state index is 0.0933. The second-order valence-corrected chi connectivity index (χ2v) is 6.67. The van der Waals surface area contributed by atoms with Crippen LogP contribution in [0.2, 0.25) is 0 Å². The molecule has 1 saturated heterocycles. The van der Waals surface area contributed by atoms with E-state index in [0.29, 0.717) is 12.3 Å². The van der Waals surface area contributed by atoms with Gasteiger partial charge < -0.3 is 9.47 Å². The van der Waals surface area contributed by atoms with E-state index in [0.717, 1.165) is 43.6 Å². The summed E-state index contributed by atoms with van der Waals surface area (Å²) in [6.45, 7) is 5.90. The Kier molecular flexibility index (Phi) is 8.04. The van der Waals surface area contributed by atoms with Gasteiger partial charge in [0.15, 0.2) is 6.29 Å². The van der Waals surface area contributed by atoms with E-state index < -0.39 is 0 Å². The lowest BCUT2D eigenvalue weighted by atomic mass is 10.0. The van der Waals surface area contributed by atoms with Crippen molar-refractivity contribution in [3.8, 4) is 0 Å². The van der Waals surface area contributed by atoms with Crippen LogP contribution in [0, 0.1) is 11.7 Å². The highest BCUT2D eigenvalue weighted by atomic mass is 19.1. The molecule has 1 aromatic rings. The zero-order chi connectivity index (χ0) is 16.5. The average Bonchev–Trinajstić information content (AvgIpc) is 2.56. The Morgan fingerprint density at radius 1 is 1.00 bits per heavy atom. The van der Waals surface area contributed by atoms with E-state index in [1.165, 1.54) is 25.7 Å². The molecular weight excluding hydrogens is 291 g/mol. The molecule has 2 rings (SSSR count). The summed E-state index contributed by atoms with van der Waals surface area (Å²) in [7, 11) is 0. The van der Waals surface area contributed by atoms with Crippen LogP contribution in [0.1, 0.15) is 63.5 Å². The van der Waals surface area contributed by atoms with Crippen molar-refractivity contribution < 1.29 is 13.9 Å². The third kappa shape index (κ3) is 6.23. The Bertz CT molecular complexity index is 453. The molecule has 0 aromatic heterocycles. The summed E-state index contributed by atoms with van der Waals surface area (Å²) in [5.74, 6) is 0.437. The quantitative estimate of drug-likeness (QED) is 0.576. The maximum absolute atomic E-state index is 14.1. The highest BCUT2D eigenvalue weighted by Crippen LogP contribution is 2.21. The van der Waals surface area contributed by atoms with Crippen molar-refractivity contribution in [2.45, 2.75) is 71.5 Å². The van der Waals surface area contributed by atoms with Crippen LogP contribution in [0.5, 0.6) is 0 Å². The van der Waals surface area contributed by atoms with Crippen LogP contribution >= 0.6 is 0 Å². The summed E-state index contributed by atoms with van der Waals surface area (Å²) in [4.78, 5) is 0. The van der Waals surface area contributed by atoms with Crippen molar-refractivity contribution >= 4 is 0 Å². The maximum atomic E-state index is 14.1. The van der Waals surface area contributed by atoms with E-state index in [2.05, 4.69) is 13.8 Å². The van der Waals surface area contributed by atoms with E-state index in [4.69, 9.17) is 9.47 Å². The van der Waals surface area contributed by atoms with Gasteiger partial charge in [0.05, 0.1) is 13.2 Å². The first-order valence-corrected chi connectivity index (χ1v) is 9.23. The largest absolute Gasteiger partial charge is 0.352 e. The molecule has 0 bridgehead atoms. The van der Waals surface area contributed by atoms with Gasteiger partial charge in [-0.05, 0) is 36.5 Å². The number of hydrogen-bond donors (Lipinski definition) is 0. The number of benzene rings is 1. The van der Waals surface area contributed by atoms with E-state index >= 15 is 0 Å². The molecule has 23 heavy (non-hydrogen) atoms. The Morgan fingerprint density at radius 3 is 2.43 bits per heavy atom. The predicted molar refractivity (Wildman–Crippen MR) is 92.0 cm³/mol. The summed E-state index contributed by atoms with van der Waals surface area (Å²) >= 11 is 0. The molecule has 1 aliphatic rings. The molecule has 0 saturated carbocycles. The minimum atomic E-state index is -0.174. The fourth-order valence-corrected chi connectivity index (χ4v) is 3.11. The van der Waals surface area contributed by atoms with Crippen LogP contribution in [0.15, 0.2) is 18.2 Å². The van der Waals surface area contributed by atoms with E-state index in [-0.39, 0.29) is 12.1 Å². The lowest BCUT2D eigenvalue weighted by molar-refractivity contribution is -0.203. The van der Waals surface area contributed by atoms with Crippen molar-refractivity contribution in [2.75, 3.05) is 13.2 Å². The highest BCUT2D eigenvalue weighted by molar-refractivity contribution is 5.24. The van der Waals surface area contributed by atoms with Crippen molar-refractivity contribution in [1.82, 2.24) is 0 Å². The van der Waals surface area contributed by atoms with Crippen LogP contribution in [0.3, 0.4) is 0 Å². The van der Waals surface area contributed by atoms with Gasteiger partial charge in [-0.25, -0.2) is 4.39 Å². The second-order valence-electron chi connectivity index (χ2n) is 6.67. The molecule has 0 radical (unpaired) electrons. The molecule has 1 heterocycles. The average molecular weight is 322 g/mol. The van der Waals surface area contributed by atoms with Crippen LogP contribution in [0.4, 0.5) is 4.39 Å². The molecule has 1 aliphatic heterocycles. The van der Waals surface area contributed by atoms with E-state index in [9.17, 15) is 4.39 Å². The van der Waals surface area contributed by atoms with Crippen LogP contribution in [-0.2, 0) is 22.3 Å². The van der Waals surface area contributed by atoms with Gasteiger partial charge in [-0.2, -0.15) is 0 Å². The molecule has 0 aliphatic carbocycles. The first-order valence-electron chi connectivity index (χ1n) is 9.23. The third-order valence-electron chi connectivity index (χ3n) is 4.56. The standard InChI is InChI=1S/C20H31FO2/c1-3-5-6-8-17-14-22-20(23-15-17)12-11-18-10-9-16(7-4-2)13-19(18)21/h9-10,13,17,20H,3-8,11-12,14-15H2,1-2H3. The third-order valence-corrected chi connectivity index (χ3v) is 4.56. The number of halogens is 1. The van der Waals surface area contributed by atoms with Gasteiger partial charge in [-0.3, -0.25) is 0 Å². The Labute approximate surface area is 140 Å². The van der Waals surface area contributed by atoms with Crippen LogP contribution < -0.4 is 0 Å². The zero-order valence-corrected chi connectivity index (χ0v) is 14.7. The first kappa shape index (κ1) is 18.4. The van der Waals surface area contributed by atoms with Crippen molar-refractivity contribution in [1.29, 1.82) is 0 Å². The summed E-state index contributed by atoms with van der Waals surface area (Å²) in [6.07, 6.45) is 8.18. The molecule has 0 N–H and O–H groups in total. The highest BCUT2D eigenvalue weighted by Gasteiger charge is 2.22. The number of aryl methyl sites for hydroxylation is 2. The van der Waals surface area contributed by atoms with Gasteiger partial charge in [0.2, 0.25) is 0 Å². The predicted octanol–water partition coefficient (Wildman–Crippen LogP) is 5.28. The molecule has 0 spiro atoms. The van der Waals surface area contributed by atoms with Crippen LogP contribution in [-0.4, -0.2) is 19.5 Å². The van der Waals surface area contributed by atoms with Gasteiger partial charge in [0, 0.05) is 12.3 Å². The fraction of sp³-hybridized carbons (Fsp3) is 0.700. The van der Waals surface area contributed by atoms with Crippen molar-refractivity contribution in [3.05, 3.63) is 35.1 Å². The topological polar surface area (TPSA) is 18.5 Å². The smallest absolute Gasteiger partial charge is 0.157 e. The molecular formula is C20H31FO2. The molecule has 2 nitrogen and oxygen atoms in total. The molecule has 130 valence electrons. The minimum Gasteiger partial charge on any atom is -0.352 e. The van der Waals surface area contributed by atoms with E-state index in [1.807, 2.05) is 12.1 Å². The SMILES string of the molecule is CCCCCC1COC(CCc2ccc(CCC)cc2F)OC1. The normalized spacial score (nSPS) is 21.5. The first-order chi connectivity index (χ1) is 11.2. The summed E-state index contributed by atoms with van der Waals surface area (Å²) in [6, 6.07) is 5.62. The van der Waals surface area contributed by atoms with E-state index in [1.54, 1.807) is 6.07 Å². The maximum Gasteiger partial charge on any atom is 0.157 e. The molecule has 1 fully saturated rings. The Hall–Kier alpha value is -0.930. The number of hydrogen-bond acceptors (Lipinski definition) is 2. The molecule has 0 atom stereocenters. The number of unbranched alkanes of at least 4 members (excludes halogenated alkanes) is 2. The number of rotatable bonds is 9. The monoisotopic (exact) mass is 322 g/mol.